The van der Waals surface area contributed by atoms with E-state index in [0.29, 0.717) is 25.2 Å². The second kappa shape index (κ2) is 8.94. The zero-order chi connectivity index (χ0) is 18.2. The molecule has 0 fully saturated rings. The first kappa shape index (κ1) is 18.6. The number of carbonyl (C=O) groups is 2. The summed E-state index contributed by atoms with van der Waals surface area (Å²) in [6.45, 7) is 1.35. The molecule has 0 saturated heterocycles. The Morgan fingerprint density at radius 2 is 1.64 bits per heavy atom. The SMILES string of the molecule is COC(=O)c1ccc(CNC(=O)C[NH+](C)Cc2ccc(F)cc2)cc1. The maximum atomic E-state index is 12.9. The molecule has 5 nitrogen and oxygen atoms in total. The Bertz CT molecular complexity index is 714. The molecule has 6 heteroatoms. The molecule has 2 aromatic rings. The van der Waals surface area contributed by atoms with E-state index in [1.54, 1.807) is 36.4 Å². The number of quaternary nitrogens is 1. The van der Waals surface area contributed by atoms with Crippen molar-refractivity contribution >= 4 is 11.9 Å². The van der Waals surface area contributed by atoms with E-state index in [1.807, 2.05) is 7.05 Å². The van der Waals surface area contributed by atoms with Crippen molar-refractivity contribution < 1.29 is 23.6 Å². The van der Waals surface area contributed by atoms with Gasteiger partial charge in [0.1, 0.15) is 12.4 Å². The molecule has 0 bridgehead atoms. The van der Waals surface area contributed by atoms with Crippen LogP contribution in [0.3, 0.4) is 0 Å². The van der Waals surface area contributed by atoms with Crippen LogP contribution in [0.1, 0.15) is 21.5 Å². The summed E-state index contributed by atoms with van der Waals surface area (Å²) in [5.41, 5.74) is 2.35. The fraction of sp³-hybridized carbons (Fsp3) is 0.263. The number of hydrogen-bond donors (Lipinski definition) is 2. The number of ether oxygens (including phenoxy) is 1. The van der Waals surface area contributed by atoms with Crippen molar-refractivity contribution in [2.75, 3.05) is 20.7 Å². The number of nitrogens with one attached hydrogen (secondary N) is 2. The van der Waals surface area contributed by atoms with Crippen LogP contribution >= 0.6 is 0 Å². The van der Waals surface area contributed by atoms with Gasteiger partial charge < -0.3 is 15.0 Å². The molecule has 1 atom stereocenters. The smallest absolute Gasteiger partial charge is 0.337 e. The van der Waals surface area contributed by atoms with Crippen molar-refractivity contribution in [2.45, 2.75) is 13.1 Å². The van der Waals surface area contributed by atoms with Crippen LogP contribution in [0.5, 0.6) is 0 Å². The quantitative estimate of drug-likeness (QED) is 0.735. The van der Waals surface area contributed by atoms with Crippen LogP contribution in [0.25, 0.3) is 0 Å². The van der Waals surface area contributed by atoms with E-state index in [4.69, 9.17) is 0 Å². The van der Waals surface area contributed by atoms with E-state index in [0.717, 1.165) is 16.0 Å². The summed E-state index contributed by atoms with van der Waals surface area (Å²) < 4.78 is 17.5. The predicted molar refractivity (Wildman–Crippen MR) is 91.5 cm³/mol. The van der Waals surface area contributed by atoms with Crippen LogP contribution in [-0.4, -0.2) is 32.6 Å². The van der Waals surface area contributed by atoms with Crippen LogP contribution in [0.4, 0.5) is 4.39 Å². The largest absolute Gasteiger partial charge is 0.465 e. The Hall–Kier alpha value is -2.73. The van der Waals surface area contributed by atoms with Crippen molar-refractivity contribution in [3.63, 3.8) is 0 Å². The Morgan fingerprint density at radius 3 is 2.24 bits per heavy atom. The normalized spacial score (nSPS) is 11.6. The predicted octanol–water partition coefficient (Wildman–Crippen LogP) is 0.943. The highest BCUT2D eigenvalue weighted by atomic mass is 19.1. The zero-order valence-corrected chi connectivity index (χ0v) is 14.3. The van der Waals surface area contributed by atoms with Gasteiger partial charge in [0.15, 0.2) is 6.54 Å². The fourth-order valence-electron chi connectivity index (χ4n) is 2.43. The molecule has 1 amide bonds. The van der Waals surface area contributed by atoms with Crippen LogP contribution in [0.2, 0.25) is 0 Å². The van der Waals surface area contributed by atoms with Crippen LogP contribution < -0.4 is 10.2 Å². The number of methoxy groups -OCH3 is 1. The van der Waals surface area contributed by atoms with Gasteiger partial charge in [0.2, 0.25) is 0 Å². The Balaban J connectivity index is 1.77. The lowest BCUT2D eigenvalue weighted by Crippen LogP contribution is -3.08. The summed E-state index contributed by atoms with van der Waals surface area (Å²) in [6, 6.07) is 13.2. The number of benzene rings is 2. The van der Waals surface area contributed by atoms with Crippen LogP contribution in [-0.2, 0) is 22.6 Å². The van der Waals surface area contributed by atoms with Gasteiger partial charge in [-0.2, -0.15) is 0 Å². The third-order valence-corrected chi connectivity index (χ3v) is 3.75. The lowest BCUT2D eigenvalue weighted by Gasteiger charge is -2.14. The van der Waals surface area contributed by atoms with Crippen molar-refractivity contribution in [2.24, 2.45) is 0 Å². The summed E-state index contributed by atoms with van der Waals surface area (Å²) >= 11 is 0. The van der Waals surface area contributed by atoms with E-state index >= 15 is 0 Å². The molecule has 0 aliphatic rings. The Kier molecular flexibility index (Phi) is 6.65. The minimum absolute atomic E-state index is 0.0725. The van der Waals surface area contributed by atoms with Crippen molar-refractivity contribution in [3.05, 3.63) is 71.0 Å². The maximum absolute atomic E-state index is 12.9. The number of halogens is 1. The molecule has 0 aromatic heterocycles. The first-order valence-electron chi connectivity index (χ1n) is 7.97. The van der Waals surface area contributed by atoms with E-state index in [-0.39, 0.29) is 17.7 Å². The van der Waals surface area contributed by atoms with Crippen molar-refractivity contribution in [1.82, 2.24) is 5.32 Å². The highest BCUT2D eigenvalue weighted by Gasteiger charge is 2.11. The molecular weight excluding hydrogens is 323 g/mol. The van der Waals surface area contributed by atoms with Gasteiger partial charge >= 0.3 is 5.97 Å². The Morgan fingerprint density at radius 1 is 1.04 bits per heavy atom. The van der Waals surface area contributed by atoms with Gasteiger partial charge in [0.05, 0.1) is 19.7 Å². The van der Waals surface area contributed by atoms with Gasteiger partial charge in [-0.1, -0.05) is 24.3 Å². The molecular formula is C19H22FN2O3+. The van der Waals surface area contributed by atoms with Gasteiger partial charge in [-0.3, -0.25) is 4.79 Å². The second-order valence-electron chi connectivity index (χ2n) is 5.90. The van der Waals surface area contributed by atoms with E-state index in [2.05, 4.69) is 10.1 Å². The van der Waals surface area contributed by atoms with Gasteiger partial charge in [-0.25, -0.2) is 9.18 Å². The second-order valence-corrected chi connectivity index (χ2v) is 5.90. The molecule has 132 valence electrons. The van der Waals surface area contributed by atoms with Crippen molar-refractivity contribution in [1.29, 1.82) is 0 Å². The number of likely N-dealkylation sites (N-methyl/N-ethyl adjacent to an activating group) is 1. The monoisotopic (exact) mass is 345 g/mol. The summed E-state index contributed by atoms with van der Waals surface area (Å²) in [5, 5.41) is 2.85. The third kappa shape index (κ3) is 6.00. The Labute approximate surface area is 146 Å². The molecule has 0 radical (unpaired) electrons. The van der Waals surface area contributed by atoms with Crippen molar-refractivity contribution in [3.8, 4) is 0 Å². The van der Waals surface area contributed by atoms with E-state index in [1.165, 1.54) is 19.2 Å². The molecule has 0 spiro atoms. The number of esters is 1. The van der Waals surface area contributed by atoms with Gasteiger partial charge in [0.25, 0.3) is 5.91 Å². The van der Waals surface area contributed by atoms with E-state index in [9.17, 15) is 14.0 Å². The minimum Gasteiger partial charge on any atom is -0.465 e. The van der Waals surface area contributed by atoms with E-state index < -0.39 is 0 Å². The lowest BCUT2D eigenvalue weighted by atomic mass is 10.1. The molecule has 0 aliphatic carbocycles. The highest BCUT2D eigenvalue weighted by Crippen LogP contribution is 2.05. The van der Waals surface area contributed by atoms with Gasteiger partial charge in [-0.15, -0.1) is 0 Å². The molecule has 2 rings (SSSR count). The topological polar surface area (TPSA) is 59.8 Å². The maximum Gasteiger partial charge on any atom is 0.337 e. The lowest BCUT2D eigenvalue weighted by molar-refractivity contribution is -0.885. The first-order chi connectivity index (χ1) is 12.0. The number of hydrogen-bond acceptors (Lipinski definition) is 3. The molecule has 0 saturated carbocycles. The summed E-state index contributed by atoms with van der Waals surface area (Å²) in [6.07, 6.45) is 0. The van der Waals surface area contributed by atoms with Gasteiger partial charge in [-0.05, 0) is 29.8 Å². The molecule has 2 aromatic carbocycles. The average Bonchev–Trinajstić information content (AvgIpc) is 2.61. The number of amides is 1. The summed E-state index contributed by atoms with van der Waals surface area (Å²) in [4.78, 5) is 24.4. The number of carbonyl (C=O) groups excluding carboxylic acids is 2. The zero-order valence-electron chi connectivity index (χ0n) is 14.3. The molecule has 1 unspecified atom stereocenters. The highest BCUT2D eigenvalue weighted by molar-refractivity contribution is 5.89. The molecule has 0 aliphatic heterocycles. The third-order valence-electron chi connectivity index (χ3n) is 3.75. The van der Waals surface area contributed by atoms with Gasteiger partial charge in [0, 0.05) is 12.1 Å². The summed E-state index contributed by atoms with van der Waals surface area (Å²) in [7, 11) is 3.25. The van der Waals surface area contributed by atoms with Crippen LogP contribution in [0, 0.1) is 5.82 Å². The fourth-order valence-corrected chi connectivity index (χ4v) is 2.43. The molecule has 2 N–H and O–H groups in total. The summed E-state index contributed by atoms with van der Waals surface area (Å²) in [5.74, 6) is -0.726. The average molecular weight is 345 g/mol. The first-order valence-corrected chi connectivity index (χ1v) is 7.97. The van der Waals surface area contributed by atoms with Crippen LogP contribution in [0.15, 0.2) is 48.5 Å². The molecule has 25 heavy (non-hydrogen) atoms. The minimum atomic E-state index is -0.387. The number of rotatable bonds is 7. The molecule has 0 heterocycles. The standard InChI is InChI=1S/C19H21FN2O3/c1-22(12-15-5-9-17(20)10-6-15)13-18(23)21-11-14-3-7-16(8-4-14)19(24)25-2/h3-10H,11-13H2,1-2H3,(H,21,23)/p+1.